The summed E-state index contributed by atoms with van der Waals surface area (Å²) >= 11 is 0. The van der Waals surface area contributed by atoms with E-state index in [1.165, 1.54) is 0 Å². The molecule has 0 aromatic heterocycles. The summed E-state index contributed by atoms with van der Waals surface area (Å²) in [4.78, 5) is 29.2. The van der Waals surface area contributed by atoms with Crippen molar-refractivity contribution in [1.29, 1.82) is 0 Å². The van der Waals surface area contributed by atoms with Crippen LogP contribution in [0.2, 0.25) is 0 Å². The third kappa shape index (κ3) is 1.87. The number of fused-ring (bicyclic) bond motifs is 1. The van der Waals surface area contributed by atoms with Gasteiger partial charge in [-0.1, -0.05) is 34.6 Å². The summed E-state index contributed by atoms with van der Waals surface area (Å²) in [5.41, 5.74) is 0.503. The molecule has 2 amide bonds. The monoisotopic (exact) mass is 292 g/mol. The zero-order valence-corrected chi connectivity index (χ0v) is 14.0. The van der Waals surface area contributed by atoms with Crippen molar-refractivity contribution < 1.29 is 9.59 Å². The molecule has 21 heavy (non-hydrogen) atoms. The van der Waals surface area contributed by atoms with E-state index < -0.39 is 0 Å². The molecule has 2 atom stereocenters. The molecule has 0 N–H and O–H groups in total. The number of hydrogen-bond acceptors (Lipinski definition) is 2. The van der Waals surface area contributed by atoms with Crippen LogP contribution in [0.1, 0.15) is 53.9 Å². The van der Waals surface area contributed by atoms with Crippen LogP contribution in [0.25, 0.3) is 0 Å². The van der Waals surface area contributed by atoms with Gasteiger partial charge < -0.3 is 9.80 Å². The van der Waals surface area contributed by atoms with Gasteiger partial charge in [-0.15, -0.1) is 0 Å². The molecular weight excluding hydrogens is 264 g/mol. The van der Waals surface area contributed by atoms with Gasteiger partial charge in [-0.25, -0.2) is 0 Å². The van der Waals surface area contributed by atoms with Crippen LogP contribution in [0.5, 0.6) is 0 Å². The number of carbonyl (C=O) groups is 2. The Labute approximate surface area is 127 Å². The molecule has 0 aromatic carbocycles. The summed E-state index contributed by atoms with van der Waals surface area (Å²) in [5.74, 6) is 0.858. The molecule has 3 rings (SSSR count). The maximum absolute atomic E-state index is 12.8. The zero-order valence-electron chi connectivity index (χ0n) is 14.0. The Morgan fingerprint density at radius 3 is 2.24 bits per heavy atom. The van der Waals surface area contributed by atoms with E-state index in [2.05, 4.69) is 27.7 Å². The zero-order chi connectivity index (χ0) is 15.6. The first-order chi connectivity index (χ1) is 9.73. The molecule has 3 aliphatic rings. The van der Waals surface area contributed by atoms with Gasteiger partial charge in [0.1, 0.15) is 12.1 Å². The van der Waals surface area contributed by atoms with Gasteiger partial charge in [-0.2, -0.15) is 0 Å². The van der Waals surface area contributed by atoms with Gasteiger partial charge in [0, 0.05) is 13.1 Å². The van der Waals surface area contributed by atoms with E-state index in [1.807, 2.05) is 16.7 Å². The average molecular weight is 292 g/mol. The van der Waals surface area contributed by atoms with Crippen LogP contribution in [0.4, 0.5) is 0 Å². The van der Waals surface area contributed by atoms with Gasteiger partial charge in [0.25, 0.3) is 0 Å². The summed E-state index contributed by atoms with van der Waals surface area (Å²) in [6, 6.07) is -0.413. The topological polar surface area (TPSA) is 40.6 Å². The molecule has 4 heteroatoms. The van der Waals surface area contributed by atoms with E-state index in [1.54, 1.807) is 0 Å². The smallest absolute Gasteiger partial charge is 0.246 e. The van der Waals surface area contributed by atoms with Crippen LogP contribution >= 0.6 is 0 Å². The molecule has 2 unspecified atom stereocenters. The molecule has 0 spiro atoms. The van der Waals surface area contributed by atoms with Crippen LogP contribution < -0.4 is 0 Å². The number of hydrogen-bond donors (Lipinski definition) is 0. The van der Waals surface area contributed by atoms with Crippen LogP contribution in [-0.4, -0.2) is 46.8 Å². The third-order valence-corrected chi connectivity index (χ3v) is 6.85. The molecule has 2 aliphatic heterocycles. The Bertz CT molecular complexity index is 469. The summed E-state index contributed by atoms with van der Waals surface area (Å²) in [5, 5.41) is 0. The first-order valence-corrected chi connectivity index (χ1v) is 8.34. The first-order valence-electron chi connectivity index (χ1n) is 8.34. The Morgan fingerprint density at radius 1 is 1.10 bits per heavy atom. The summed E-state index contributed by atoms with van der Waals surface area (Å²) in [7, 11) is 0. The van der Waals surface area contributed by atoms with Crippen LogP contribution in [0, 0.1) is 16.7 Å². The molecule has 0 aromatic rings. The van der Waals surface area contributed by atoms with Crippen LogP contribution in [0.15, 0.2) is 0 Å². The molecule has 0 radical (unpaired) electrons. The predicted octanol–water partition coefficient (Wildman–Crippen LogP) is 2.28. The second-order valence-corrected chi connectivity index (χ2v) is 8.10. The minimum Gasteiger partial charge on any atom is -0.329 e. The molecule has 1 saturated carbocycles. The lowest BCUT2D eigenvalue weighted by Crippen LogP contribution is -2.63. The second-order valence-electron chi connectivity index (χ2n) is 8.10. The van der Waals surface area contributed by atoms with Gasteiger partial charge in [-0.05, 0) is 36.0 Å². The van der Waals surface area contributed by atoms with E-state index in [0.29, 0.717) is 5.92 Å². The van der Waals surface area contributed by atoms with Crippen molar-refractivity contribution in [3.63, 3.8) is 0 Å². The molecule has 2 saturated heterocycles. The van der Waals surface area contributed by atoms with Crippen LogP contribution in [-0.2, 0) is 9.59 Å². The fourth-order valence-electron chi connectivity index (χ4n) is 4.56. The number of rotatable bonds is 3. The van der Waals surface area contributed by atoms with Crippen molar-refractivity contribution in [1.82, 2.24) is 9.80 Å². The molecule has 1 aliphatic carbocycles. The molecule has 118 valence electrons. The number of carbonyl (C=O) groups excluding carboxylic acids is 2. The van der Waals surface area contributed by atoms with E-state index in [0.717, 1.165) is 32.4 Å². The maximum atomic E-state index is 12.8. The Morgan fingerprint density at radius 2 is 1.71 bits per heavy atom. The molecular formula is C17H28N2O2. The lowest BCUT2D eigenvalue weighted by atomic mass is 10.0. The fraction of sp³-hybridized carbons (Fsp3) is 0.882. The highest BCUT2D eigenvalue weighted by atomic mass is 16.2. The normalized spacial score (nSPS) is 34.3. The van der Waals surface area contributed by atoms with Gasteiger partial charge in [0.05, 0.1) is 0 Å². The van der Waals surface area contributed by atoms with E-state index in [-0.39, 0.29) is 34.7 Å². The highest BCUT2D eigenvalue weighted by molar-refractivity contribution is 5.97. The van der Waals surface area contributed by atoms with Gasteiger partial charge in [0.2, 0.25) is 11.8 Å². The quantitative estimate of drug-likeness (QED) is 0.800. The largest absolute Gasteiger partial charge is 0.329 e. The molecule has 2 heterocycles. The molecule has 4 nitrogen and oxygen atoms in total. The molecule has 3 fully saturated rings. The lowest BCUT2D eigenvalue weighted by molar-refractivity contribution is -0.160. The Kier molecular flexibility index (Phi) is 3.16. The summed E-state index contributed by atoms with van der Waals surface area (Å²) < 4.78 is 0. The third-order valence-electron chi connectivity index (χ3n) is 6.85. The van der Waals surface area contributed by atoms with E-state index >= 15 is 0 Å². The number of amides is 2. The lowest BCUT2D eigenvalue weighted by Gasteiger charge is -2.42. The standard InChI is InChI=1S/C17H28N2O2/c1-6-11-14(20)18-9-7-8-12(18)15(21)19(11)10-13-16(2,3)17(13,4)5/h11-13H,6-10H2,1-5H3. The van der Waals surface area contributed by atoms with Crippen molar-refractivity contribution in [2.45, 2.75) is 66.0 Å². The predicted molar refractivity (Wildman–Crippen MR) is 81.6 cm³/mol. The van der Waals surface area contributed by atoms with Crippen molar-refractivity contribution in [2.24, 2.45) is 16.7 Å². The summed E-state index contributed by atoms with van der Waals surface area (Å²) in [6.45, 7) is 12.6. The maximum Gasteiger partial charge on any atom is 0.246 e. The minimum absolute atomic E-state index is 0.176. The van der Waals surface area contributed by atoms with Crippen molar-refractivity contribution in [3.8, 4) is 0 Å². The summed E-state index contributed by atoms with van der Waals surface area (Å²) in [6.07, 6.45) is 2.53. The highest BCUT2D eigenvalue weighted by Crippen LogP contribution is 2.68. The van der Waals surface area contributed by atoms with Crippen molar-refractivity contribution in [2.75, 3.05) is 13.1 Å². The first kappa shape index (κ1) is 14.9. The van der Waals surface area contributed by atoms with Gasteiger partial charge >= 0.3 is 0 Å². The van der Waals surface area contributed by atoms with Crippen molar-refractivity contribution in [3.05, 3.63) is 0 Å². The Balaban J connectivity index is 1.83. The van der Waals surface area contributed by atoms with Crippen molar-refractivity contribution >= 4 is 11.8 Å². The molecule has 0 bridgehead atoms. The van der Waals surface area contributed by atoms with E-state index in [4.69, 9.17) is 0 Å². The number of piperazine rings is 1. The van der Waals surface area contributed by atoms with Gasteiger partial charge in [-0.3, -0.25) is 9.59 Å². The highest BCUT2D eigenvalue weighted by Gasteiger charge is 2.65. The average Bonchev–Trinajstić information content (AvgIpc) is 2.79. The minimum atomic E-state index is -0.237. The number of nitrogens with zero attached hydrogens (tertiary/aromatic N) is 2. The second kappa shape index (κ2) is 4.47. The fourth-order valence-corrected chi connectivity index (χ4v) is 4.56. The Hall–Kier alpha value is -1.06. The van der Waals surface area contributed by atoms with Gasteiger partial charge in [0.15, 0.2) is 0 Å². The van der Waals surface area contributed by atoms with Crippen LogP contribution in [0.3, 0.4) is 0 Å². The SMILES string of the molecule is CCC1C(=O)N2CCCC2C(=O)N1CC1C(C)(C)C1(C)C. The van der Waals surface area contributed by atoms with E-state index in [9.17, 15) is 9.59 Å².